The summed E-state index contributed by atoms with van der Waals surface area (Å²) in [7, 11) is 0. The number of hydrogen-bond acceptors (Lipinski definition) is 11. The minimum absolute atomic E-state index is 0.270. The number of fused-ring (bicyclic) bond motifs is 6. The van der Waals surface area contributed by atoms with Gasteiger partial charge in [-0.25, -0.2) is 24.5 Å². The molecule has 0 spiro atoms. The van der Waals surface area contributed by atoms with Crippen molar-refractivity contribution in [2.45, 2.75) is 132 Å². The normalized spacial score (nSPS) is 11.9. The van der Waals surface area contributed by atoms with Gasteiger partial charge in [0, 0.05) is 59.8 Å². The Kier molecular flexibility index (Phi) is 18.4. The number of unbranched alkanes of at least 4 members (excludes halogenated alkanes) is 2. The van der Waals surface area contributed by atoms with Gasteiger partial charge in [-0.2, -0.15) is 4.73 Å². The number of hydrogen-bond donors (Lipinski definition) is 1. The lowest BCUT2D eigenvalue weighted by Gasteiger charge is -2.26. The summed E-state index contributed by atoms with van der Waals surface area (Å²) in [4.78, 5) is 42.9. The van der Waals surface area contributed by atoms with Crippen LogP contribution < -0.4 is 10.5 Å². The molecule has 2 amide bonds. The average Bonchev–Trinajstić information content (AvgIpc) is 3.78. The topological polar surface area (TPSA) is 179 Å². The van der Waals surface area contributed by atoms with Crippen LogP contribution in [0.1, 0.15) is 107 Å². The third-order valence-electron chi connectivity index (χ3n) is 10.4. The number of pyridine rings is 2. The van der Waals surface area contributed by atoms with E-state index in [9.17, 15) is 14.8 Å². The van der Waals surface area contributed by atoms with Crippen LogP contribution >= 0.6 is 31.9 Å². The van der Waals surface area contributed by atoms with Crippen molar-refractivity contribution in [3.8, 4) is 0 Å². The second kappa shape index (κ2) is 23.3. The van der Waals surface area contributed by atoms with E-state index in [1.807, 2.05) is 85.7 Å². The highest BCUT2D eigenvalue weighted by molar-refractivity contribution is 9.10. The Morgan fingerprint density at radius 3 is 1.71 bits per heavy atom. The molecular weight excluding hydrogens is 974 g/mol. The summed E-state index contributed by atoms with van der Waals surface area (Å²) in [5.41, 5.74) is 9.47. The summed E-state index contributed by atoms with van der Waals surface area (Å²) >= 11 is 6.96. The van der Waals surface area contributed by atoms with Gasteiger partial charge in [-0.3, -0.25) is 0 Å². The molecule has 360 valence electrons. The van der Waals surface area contributed by atoms with Crippen LogP contribution in [-0.2, 0) is 45.1 Å². The Balaban J connectivity index is 0.000000247. The third kappa shape index (κ3) is 13.7. The van der Waals surface area contributed by atoms with Crippen molar-refractivity contribution in [2.24, 2.45) is 0 Å². The van der Waals surface area contributed by atoms with Gasteiger partial charge < -0.3 is 48.8 Å². The van der Waals surface area contributed by atoms with E-state index >= 15 is 0 Å². The Morgan fingerprint density at radius 1 is 0.697 bits per heavy atom. The molecule has 66 heavy (non-hydrogen) atoms. The van der Waals surface area contributed by atoms with E-state index in [0.717, 1.165) is 79.1 Å². The van der Waals surface area contributed by atoms with Crippen molar-refractivity contribution in [1.29, 1.82) is 0 Å². The van der Waals surface area contributed by atoms with Crippen molar-refractivity contribution in [3.05, 3.63) is 68.4 Å². The summed E-state index contributed by atoms with van der Waals surface area (Å²) in [5, 5.41) is 14.4. The molecule has 2 aromatic carbocycles. The molecule has 0 radical (unpaired) electrons. The lowest BCUT2D eigenvalue weighted by Crippen LogP contribution is -2.37. The van der Waals surface area contributed by atoms with Crippen molar-refractivity contribution in [1.82, 2.24) is 33.9 Å². The molecule has 4 aromatic heterocycles. The van der Waals surface area contributed by atoms with Crippen LogP contribution in [0.5, 0.6) is 0 Å². The van der Waals surface area contributed by atoms with Crippen molar-refractivity contribution in [3.63, 3.8) is 0 Å². The molecule has 0 saturated heterocycles. The van der Waals surface area contributed by atoms with Crippen molar-refractivity contribution >= 4 is 93.7 Å². The fourth-order valence-corrected chi connectivity index (χ4v) is 7.93. The standard InChI is InChI=1S/C24H34BrN5O3.C24H33BrN4O4/c1-6-8-12-32-13-11-30-19(15-29(7-2)23(31)33-24(3,4)5)28-20-21(30)17-10-9-16(25)14-18(17)27-22(20)26;1-6-8-12-32-13-11-28-21(16-27(7-2)23(30)33-24(3,4)5)26-19-15-29(31)20-14-17(25)9-10-18(20)22(19)28/h9-10,14H,6-8,11-13,15H2,1-5H3,(H2,26,27);9-10,14-15H,6-8,11-13,16H2,1-5H3. The molecule has 6 aromatic rings. The third-order valence-corrected chi connectivity index (χ3v) is 11.4. The molecule has 0 atom stereocenters. The van der Waals surface area contributed by atoms with Gasteiger partial charge in [0.05, 0.1) is 48.2 Å². The first-order valence-electron chi connectivity index (χ1n) is 22.8. The fourth-order valence-electron chi connectivity index (χ4n) is 7.23. The molecule has 0 aliphatic rings. The largest absolute Gasteiger partial charge is 0.618 e. The highest BCUT2D eigenvalue weighted by Gasteiger charge is 2.27. The summed E-state index contributed by atoms with van der Waals surface area (Å²) < 4.78 is 29.6. The van der Waals surface area contributed by atoms with E-state index in [1.54, 1.807) is 15.9 Å². The summed E-state index contributed by atoms with van der Waals surface area (Å²) in [6, 6.07) is 11.6. The van der Waals surface area contributed by atoms with Gasteiger partial charge in [0.1, 0.15) is 28.4 Å². The first kappa shape index (κ1) is 52.2. The van der Waals surface area contributed by atoms with Gasteiger partial charge in [0.25, 0.3) is 0 Å². The lowest BCUT2D eigenvalue weighted by molar-refractivity contribution is -0.575. The van der Waals surface area contributed by atoms with Gasteiger partial charge in [-0.05, 0) is 98.6 Å². The monoisotopic (exact) mass is 1040 g/mol. The lowest BCUT2D eigenvalue weighted by atomic mass is 10.2. The van der Waals surface area contributed by atoms with Gasteiger partial charge in [-0.1, -0.05) is 58.5 Å². The van der Waals surface area contributed by atoms with Gasteiger partial charge >= 0.3 is 12.2 Å². The minimum atomic E-state index is -0.588. The maximum atomic E-state index is 12.8. The highest BCUT2D eigenvalue weighted by Crippen LogP contribution is 2.32. The Hall–Kier alpha value is -4.78. The number of rotatable bonds is 18. The van der Waals surface area contributed by atoms with Crippen LogP contribution in [0.25, 0.3) is 43.9 Å². The number of carbonyl (C=O) groups excluding carboxylic acids is 2. The van der Waals surface area contributed by atoms with Crippen LogP contribution in [0, 0.1) is 5.21 Å². The molecular formula is C48H67Br2N9O7. The van der Waals surface area contributed by atoms with Crippen LogP contribution in [0.3, 0.4) is 0 Å². The Morgan fingerprint density at radius 2 is 1.20 bits per heavy atom. The predicted molar refractivity (Wildman–Crippen MR) is 267 cm³/mol. The Bertz CT molecular complexity index is 2600. The number of nitrogens with two attached hydrogens (primary N) is 1. The van der Waals surface area contributed by atoms with Crippen LogP contribution in [0.15, 0.2) is 51.5 Å². The predicted octanol–water partition coefficient (Wildman–Crippen LogP) is 10.7. The van der Waals surface area contributed by atoms with Crippen LogP contribution in [-0.4, -0.2) is 96.8 Å². The second-order valence-corrected chi connectivity index (χ2v) is 19.8. The second-order valence-electron chi connectivity index (χ2n) is 18.0. The van der Waals surface area contributed by atoms with Crippen molar-refractivity contribution in [2.75, 3.05) is 45.3 Å². The van der Waals surface area contributed by atoms with E-state index in [0.29, 0.717) is 80.7 Å². The SMILES string of the molecule is CCCCOCCn1c(CN(CC)C(=O)OC(C)(C)C)nc2c(N)nc3cc(Br)ccc3c21.CCCCOCCn1c(CN(CC)C(=O)OC(C)(C)C)nc2c[n+]([O-])c3cc(Br)ccc3c21. The number of nitrogen functional groups attached to an aromatic ring is 1. The first-order valence-corrected chi connectivity index (χ1v) is 24.4. The number of nitrogens with zero attached hydrogens (tertiary/aromatic N) is 8. The summed E-state index contributed by atoms with van der Waals surface area (Å²) in [5.74, 6) is 1.77. The molecule has 0 aliphatic heterocycles. The number of carbonyl (C=O) groups is 2. The smallest absolute Gasteiger partial charge is 0.410 e. The number of halogens is 2. The Labute approximate surface area is 404 Å². The van der Waals surface area contributed by atoms with Gasteiger partial charge in [-0.15, -0.1) is 0 Å². The number of benzene rings is 2. The quantitative estimate of drug-likeness (QED) is 0.0492. The summed E-state index contributed by atoms with van der Waals surface area (Å²) in [6.07, 6.45) is 4.91. The molecule has 0 saturated carbocycles. The highest BCUT2D eigenvalue weighted by atomic mass is 79.9. The van der Waals surface area contributed by atoms with E-state index in [2.05, 4.69) is 59.8 Å². The maximum Gasteiger partial charge on any atom is 0.410 e. The minimum Gasteiger partial charge on any atom is -0.618 e. The van der Waals surface area contributed by atoms with Gasteiger partial charge in [0.15, 0.2) is 11.3 Å². The molecule has 16 nitrogen and oxygen atoms in total. The van der Waals surface area contributed by atoms with E-state index in [1.165, 1.54) is 6.20 Å². The zero-order valence-electron chi connectivity index (χ0n) is 40.2. The molecule has 0 unspecified atom stereocenters. The first-order chi connectivity index (χ1) is 31.3. The van der Waals surface area contributed by atoms with E-state index < -0.39 is 17.3 Å². The molecule has 0 aliphatic carbocycles. The molecule has 6 rings (SSSR count). The maximum absolute atomic E-state index is 12.8. The van der Waals surface area contributed by atoms with Gasteiger partial charge in [0.2, 0.25) is 11.7 Å². The fraction of sp³-hybridized carbons (Fsp3) is 0.542. The molecule has 0 bridgehead atoms. The van der Waals surface area contributed by atoms with Crippen LogP contribution in [0.4, 0.5) is 15.4 Å². The number of imidazole rings is 2. The van der Waals surface area contributed by atoms with Crippen LogP contribution in [0.2, 0.25) is 0 Å². The zero-order valence-corrected chi connectivity index (χ0v) is 43.4. The number of ether oxygens (including phenoxy) is 4. The molecule has 0 fully saturated rings. The molecule has 18 heteroatoms. The average molecular weight is 1040 g/mol. The zero-order chi connectivity index (χ0) is 48.3. The number of amides is 2. The van der Waals surface area contributed by atoms with Crippen molar-refractivity contribution < 1.29 is 33.3 Å². The number of anilines is 1. The summed E-state index contributed by atoms with van der Waals surface area (Å²) in [6.45, 7) is 24.4. The molecule has 2 N–H and O–H groups in total. The molecule has 4 heterocycles. The van der Waals surface area contributed by atoms with E-state index in [-0.39, 0.29) is 12.6 Å². The van der Waals surface area contributed by atoms with E-state index in [4.69, 9.17) is 34.6 Å². The number of aromatic nitrogens is 6.